The molecule has 0 spiro atoms. The fourth-order valence-corrected chi connectivity index (χ4v) is 2.38. The molecule has 0 aliphatic rings. The zero-order chi connectivity index (χ0) is 17.6. The van der Waals surface area contributed by atoms with Gasteiger partial charge in [0, 0.05) is 0 Å². The van der Waals surface area contributed by atoms with Crippen LogP contribution in [0.2, 0.25) is 0 Å². The molecule has 1 heterocycles. The van der Waals surface area contributed by atoms with E-state index in [1.807, 2.05) is 55.5 Å². The molecule has 0 bridgehead atoms. The van der Waals surface area contributed by atoms with E-state index < -0.39 is 6.04 Å². The topological polar surface area (TPSA) is 69.0 Å². The molecule has 0 fully saturated rings. The summed E-state index contributed by atoms with van der Waals surface area (Å²) >= 11 is 0. The van der Waals surface area contributed by atoms with Crippen LogP contribution in [0, 0.1) is 6.92 Å². The van der Waals surface area contributed by atoms with Crippen LogP contribution in [0.1, 0.15) is 24.1 Å². The molecule has 25 heavy (non-hydrogen) atoms. The monoisotopic (exact) mass is 336 g/mol. The molecular weight excluding hydrogens is 316 g/mol. The van der Waals surface area contributed by atoms with Gasteiger partial charge in [-0.1, -0.05) is 36.4 Å². The van der Waals surface area contributed by atoms with Crippen LogP contribution in [0.25, 0.3) is 0 Å². The van der Waals surface area contributed by atoms with Crippen LogP contribution in [0.4, 0.5) is 5.69 Å². The van der Waals surface area contributed by atoms with Crippen LogP contribution in [0.5, 0.6) is 5.75 Å². The Labute approximate surface area is 146 Å². The van der Waals surface area contributed by atoms with Gasteiger partial charge in [-0.25, -0.2) is 9.67 Å². The molecule has 1 N–H and O–H groups in total. The number of benzene rings is 2. The largest absolute Gasteiger partial charge is 0.487 e. The van der Waals surface area contributed by atoms with Crippen LogP contribution in [-0.2, 0) is 11.4 Å². The van der Waals surface area contributed by atoms with Gasteiger partial charge >= 0.3 is 0 Å². The second-order valence-corrected chi connectivity index (χ2v) is 5.81. The lowest BCUT2D eigenvalue weighted by Gasteiger charge is -2.16. The third-order valence-electron chi connectivity index (χ3n) is 3.84. The zero-order valence-electron chi connectivity index (χ0n) is 14.2. The Morgan fingerprint density at radius 3 is 2.76 bits per heavy atom. The minimum atomic E-state index is -0.468. The first-order valence-corrected chi connectivity index (χ1v) is 8.06. The Kier molecular flexibility index (Phi) is 5.09. The highest BCUT2D eigenvalue weighted by Gasteiger charge is 2.17. The maximum Gasteiger partial charge on any atom is 0.249 e. The van der Waals surface area contributed by atoms with Gasteiger partial charge in [-0.2, -0.15) is 5.10 Å². The predicted molar refractivity (Wildman–Crippen MR) is 95.3 cm³/mol. The molecule has 0 radical (unpaired) electrons. The fraction of sp³-hybridized carbons (Fsp3) is 0.211. The van der Waals surface area contributed by atoms with Crippen molar-refractivity contribution in [1.82, 2.24) is 14.8 Å². The average Bonchev–Trinajstić information content (AvgIpc) is 3.16. The number of aryl methyl sites for hydroxylation is 1. The smallest absolute Gasteiger partial charge is 0.249 e. The highest BCUT2D eigenvalue weighted by atomic mass is 16.5. The number of carbonyl (C=O) groups excluding carboxylic acids is 1. The molecule has 2 aromatic carbocycles. The van der Waals surface area contributed by atoms with Gasteiger partial charge in [-0.3, -0.25) is 4.79 Å². The maximum absolute atomic E-state index is 12.5. The molecule has 1 aromatic heterocycles. The number of aromatic nitrogens is 3. The SMILES string of the molecule is Cc1ccc(OCc2ccccc2)c(NC(=O)C(C)n2cncn2)c1. The summed E-state index contributed by atoms with van der Waals surface area (Å²) < 4.78 is 7.41. The molecule has 128 valence electrons. The van der Waals surface area contributed by atoms with Gasteiger partial charge in [0.25, 0.3) is 0 Å². The molecule has 3 aromatic rings. The number of amides is 1. The Bertz CT molecular complexity index is 832. The van der Waals surface area contributed by atoms with E-state index in [0.717, 1.165) is 11.1 Å². The van der Waals surface area contributed by atoms with Gasteiger partial charge in [0.05, 0.1) is 5.69 Å². The first-order valence-electron chi connectivity index (χ1n) is 8.06. The van der Waals surface area contributed by atoms with Crippen LogP contribution < -0.4 is 10.1 Å². The maximum atomic E-state index is 12.5. The number of carbonyl (C=O) groups is 1. The summed E-state index contributed by atoms with van der Waals surface area (Å²) in [7, 11) is 0. The molecule has 1 unspecified atom stereocenters. The van der Waals surface area contributed by atoms with Crippen molar-refractivity contribution in [2.75, 3.05) is 5.32 Å². The van der Waals surface area contributed by atoms with E-state index in [1.165, 1.54) is 17.3 Å². The van der Waals surface area contributed by atoms with Gasteiger partial charge in [0.1, 0.15) is 31.1 Å². The normalized spacial score (nSPS) is 11.8. The van der Waals surface area contributed by atoms with Gasteiger partial charge in [0.15, 0.2) is 0 Å². The summed E-state index contributed by atoms with van der Waals surface area (Å²) in [6.45, 7) is 4.17. The van der Waals surface area contributed by atoms with E-state index >= 15 is 0 Å². The first-order chi connectivity index (χ1) is 12.1. The van der Waals surface area contributed by atoms with Gasteiger partial charge in [0.2, 0.25) is 5.91 Å². The lowest BCUT2D eigenvalue weighted by atomic mass is 10.2. The molecule has 0 aliphatic heterocycles. The number of rotatable bonds is 6. The summed E-state index contributed by atoms with van der Waals surface area (Å²) in [6, 6.07) is 15.2. The van der Waals surface area contributed by atoms with Crippen molar-refractivity contribution in [1.29, 1.82) is 0 Å². The quantitative estimate of drug-likeness (QED) is 0.749. The Morgan fingerprint density at radius 1 is 1.24 bits per heavy atom. The summed E-state index contributed by atoms with van der Waals surface area (Å²) in [5, 5.41) is 6.93. The van der Waals surface area contributed by atoms with Crippen LogP contribution >= 0.6 is 0 Å². The predicted octanol–water partition coefficient (Wildman–Crippen LogP) is 3.37. The minimum Gasteiger partial charge on any atom is -0.487 e. The van der Waals surface area contributed by atoms with Crippen molar-refractivity contribution < 1.29 is 9.53 Å². The lowest BCUT2D eigenvalue weighted by Crippen LogP contribution is -2.24. The van der Waals surface area contributed by atoms with Gasteiger partial charge < -0.3 is 10.1 Å². The van der Waals surface area contributed by atoms with Crippen molar-refractivity contribution in [3.63, 3.8) is 0 Å². The second kappa shape index (κ2) is 7.61. The van der Waals surface area contributed by atoms with Crippen LogP contribution in [-0.4, -0.2) is 20.7 Å². The van der Waals surface area contributed by atoms with E-state index in [1.54, 1.807) is 6.92 Å². The zero-order valence-corrected chi connectivity index (χ0v) is 14.2. The number of nitrogens with zero attached hydrogens (tertiary/aromatic N) is 3. The average molecular weight is 336 g/mol. The van der Waals surface area contributed by atoms with Crippen molar-refractivity contribution in [3.05, 3.63) is 72.3 Å². The van der Waals surface area contributed by atoms with E-state index in [4.69, 9.17) is 4.74 Å². The van der Waals surface area contributed by atoms with Gasteiger partial charge in [-0.15, -0.1) is 0 Å². The van der Waals surface area contributed by atoms with E-state index in [2.05, 4.69) is 15.4 Å². The summed E-state index contributed by atoms with van der Waals surface area (Å²) in [5.74, 6) is 0.453. The molecule has 0 aliphatic carbocycles. The third-order valence-corrected chi connectivity index (χ3v) is 3.84. The van der Waals surface area contributed by atoms with Crippen molar-refractivity contribution in [2.24, 2.45) is 0 Å². The van der Waals surface area contributed by atoms with E-state index in [0.29, 0.717) is 18.0 Å². The first kappa shape index (κ1) is 16.7. The highest BCUT2D eigenvalue weighted by Crippen LogP contribution is 2.27. The molecule has 1 amide bonds. The highest BCUT2D eigenvalue weighted by molar-refractivity contribution is 5.94. The van der Waals surface area contributed by atoms with E-state index in [9.17, 15) is 4.79 Å². The molecule has 3 rings (SSSR count). The second-order valence-electron chi connectivity index (χ2n) is 5.81. The van der Waals surface area contributed by atoms with Crippen LogP contribution in [0.15, 0.2) is 61.2 Å². The number of anilines is 1. The molecular formula is C19H20N4O2. The Morgan fingerprint density at radius 2 is 2.04 bits per heavy atom. The molecule has 6 heteroatoms. The molecule has 6 nitrogen and oxygen atoms in total. The van der Waals surface area contributed by atoms with Gasteiger partial charge in [-0.05, 0) is 37.1 Å². The standard InChI is InChI=1S/C19H20N4O2/c1-14-8-9-18(25-11-16-6-4-3-5-7-16)17(10-14)22-19(24)15(2)23-13-20-12-21-23/h3-10,12-13,15H,11H2,1-2H3,(H,22,24). The van der Waals surface area contributed by atoms with E-state index in [-0.39, 0.29) is 5.91 Å². The Balaban J connectivity index is 1.73. The van der Waals surface area contributed by atoms with Crippen molar-refractivity contribution in [2.45, 2.75) is 26.5 Å². The summed E-state index contributed by atoms with van der Waals surface area (Å²) in [4.78, 5) is 16.4. The Hall–Kier alpha value is -3.15. The van der Waals surface area contributed by atoms with Crippen LogP contribution in [0.3, 0.4) is 0 Å². The molecule has 1 atom stereocenters. The lowest BCUT2D eigenvalue weighted by molar-refractivity contribution is -0.119. The summed E-state index contributed by atoms with van der Waals surface area (Å²) in [6.07, 6.45) is 2.93. The fourth-order valence-electron chi connectivity index (χ4n) is 2.38. The number of nitrogens with one attached hydrogen (secondary N) is 1. The third kappa shape index (κ3) is 4.23. The number of hydrogen-bond donors (Lipinski definition) is 1. The number of ether oxygens (including phenoxy) is 1. The molecule has 0 saturated heterocycles. The summed E-state index contributed by atoms with van der Waals surface area (Å²) in [5.41, 5.74) is 2.75. The van der Waals surface area contributed by atoms with Crippen molar-refractivity contribution in [3.8, 4) is 5.75 Å². The van der Waals surface area contributed by atoms with Crippen molar-refractivity contribution >= 4 is 11.6 Å². The molecule has 0 saturated carbocycles. The number of hydrogen-bond acceptors (Lipinski definition) is 4. The minimum absolute atomic E-state index is 0.180.